The van der Waals surface area contributed by atoms with E-state index in [9.17, 15) is 22.4 Å². The molecular weight excluding hydrogens is 525 g/mol. The number of benzene rings is 2. The molecule has 2 amide bonds. The van der Waals surface area contributed by atoms with Crippen LogP contribution in [0.15, 0.2) is 42.5 Å². The molecule has 0 saturated heterocycles. The zero-order valence-electron chi connectivity index (χ0n) is 22.4. The summed E-state index contributed by atoms with van der Waals surface area (Å²) in [5, 5.41) is 3.07. The van der Waals surface area contributed by atoms with Crippen LogP contribution in [0.25, 0.3) is 0 Å². The van der Waals surface area contributed by atoms with Crippen LogP contribution < -0.4 is 19.1 Å². The molecule has 212 valence electrons. The van der Waals surface area contributed by atoms with Gasteiger partial charge in [0.2, 0.25) is 21.8 Å². The van der Waals surface area contributed by atoms with E-state index in [1.807, 2.05) is 6.92 Å². The Balaban J connectivity index is 1.64. The summed E-state index contributed by atoms with van der Waals surface area (Å²) in [6, 6.07) is 9.66. The van der Waals surface area contributed by atoms with Crippen molar-refractivity contribution in [3.8, 4) is 11.5 Å². The fourth-order valence-electron chi connectivity index (χ4n) is 4.98. The molecule has 1 saturated carbocycles. The number of hydrogen-bond donors (Lipinski definition) is 1. The number of carbonyl (C=O) groups excluding carboxylic acids is 2. The summed E-state index contributed by atoms with van der Waals surface area (Å²) in [5.74, 6) is -0.567. The van der Waals surface area contributed by atoms with Gasteiger partial charge in [0.15, 0.2) is 11.5 Å². The maximum absolute atomic E-state index is 13.9. The summed E-state index contributed by atoms with van der Waals surface area (Å²) in [7, 11) is -3.88. The van der Waals surface area contributed by atoms with Crippen LogP contribution in [0.3, 0.4) is 0 Å². The Morgan fingerprint density at radius 3 is 2.33 bits per heavy atom. The van der Waals surface area contributed by atoms with E-state index in [1.54, 1.807) is 30.3 Å². The lowest BCUT2D eigenvalue weighted by atomic mass is 10.1. The van der Waals surface area contributed by atoms with Crippen LogP contribution in [0.4, 0.5) is 10.1 Å². The largest absolute Gasteiger partial charge is 0.486 e. The molecule has 0 spiro atoms. The lowest BCUT2D eigenvalue weighted by Gasteiger charge is -2.34. The Kier molecular flexibility index (Phi) is 9.32. The van der Waals surface area contributed by atoms with Crippen molar-refractivity contribution >= 4 is 27.5 Å². The van der Waals surface area contributed by atoms with Crippen LogP contribution in [-0.2, 0) is 26.2 Å². The molecule has 11 heteroatoms. The van der Waals surface area contributed by atoms with Crippen LogP contribution in [-0.4, -0.2) is 62.7 Å². The van der Waals surface area contributed by atoms with Gasteiger partial charge in [-0.15, -0.1) is 0 Å². The number of rotatable bonds is 11. The van der Waals surface area contributed by atoms with Crippen LogP contribution in [0, 0.1) is 5.82 Å². The second kappa shape index (κ2) is 12.7. The molecule has 4 rings (SSSR count). The standard InChI is InChI=1S/C28H36FN3O6S/c1-3-24(28(34)30-22-7-5-6-8-22)31(18-20-9-11-21(29)12-10-20)27(33)19-32(39(35,36)4-2)23-13-14-25-26(17-23)38-16-15-37-25/h9-14,17,22,24H,3-8,15-16,18-19H2,1-2H3,(H,30,34). The lowest BCUT2D eigenvalue weighted by Crippen LogP contribution is -2.53. The van der Waals surface area contributed by atoms with Crippen molar-refractivity contribution < 1.29 is 31.9 Å². The third kappa shape index (κ3) is 7.00. The number of anilines is 1. The molecule has 39 heavy (non-hydrogen) atoms. The van der Waals surface area contributed by atoms with E-state index in [4.69, 9.17) is 9.47 Å². The average molecular weight is 562 g/mol. The highest BCUT2D eigenvalue weighted by Crippen LogP contribution is 2.35. The molecule has 1 N–H and O–H groups in total. The van der Waals surface area contributed by atoms with Crippen molar-refractivity contribution in [3.05, 3.63) is 53.8 Å². The highest BCUT2D eigenvalue weighted by atomic mass is 32.2. The van der Waals surface area contributed by atoms with Crippen molar-refractivity contribution in [3.63, 3.8) is 0 Å². The van der Waals surface area contributed by atoms with Crippen LogP contribution in [0.5, 0.6) is 11.5 Å². The average Bonchev–Trinajstić information content (AvgIpc) is 3.45. The normalized spacial score (nSPS) is 16.0. The molecule has 1 aliphatic heterocycles. The van der Waals surface area contributed by atoms with Crippen molar-refractivity contribution in [2.45, 2.75) is 64.6 Å². The van der Waals surface area contributed by atoms with Gasteiger partial charge in [-0.1, -0.05) is 31.9 Å². The molecule has 1 aliphatic carbocycles. The van der Waals surface area contributed by atoms with Crippen molar-refractivity contribution in [1.29, 1.82) is 0 Å². The summed E-state index contributed by atoms with van der Waals surface area (Å²) in [6.45, 7) is 3.55. The summed E-state index contributed by atoms with van der Waals surface area (Å²) in [6.07, 6.45) is 4.19. The number of halogens is 1. The first-order valence-electron chi connectivity index (χ1n) is 13.5. The topological polar surface area (TPSA) is 105 Å². The van der Waals surface area contributed by atoms with Crippen LogP contribution in [0.2, 0.25) is 0 Å². The lowest BCUT2D eigenvalue weighted by molar-refractivity contribution is -0.140. The second-order valence-electron chi connectivity index (χ2n) is 9.80. The van der Waals surface area contributed by atoms with Gasteiger partial charge >= 0.3 is 0 Å². The maximum Gasteiger partial charge on any atom is 0.244 e. The SMILES string of the molecule is CCC(C(=O)NC1CCCC1)N(Cc1ccc(F)cc1)C(=O)CN(c1ccc2c(c1)OCCO2)S(=O)(=O)CC. The third-order valence-electron chi connectivity index (χ3n) is 7.15. The van der Waals surface area contributed by atoms with E-state index in [-0.39, 0.29) is 29.9 Å². The Morgan fingerprint density at radius 2 is 1.69 bits per heavy atom. The number of amides is 2. The van der Waals surface area contributed by atoms with Crippen LogP contribution in [0.1, 0.15) is 51.5 Å². The number of ether oxygens (including phenoxy) is 2. The van der Waals surface area contributed by atoms with Crippen molar-refractivity contribution in [2.75, 3.05) is 29.8 Å². The van der Waals surface area contributed by atoms with E-state index in [2.05, 4.69) is 5.32 Å². The molecule has 1 fully saturated rings. The minimum Gasteiger partial charge on any atom is -0.486 e. The monoisotopic (exact) mass is 561 g/mol. The molecule has 1 atom stereocenters. The molecule has 2 aromatic carbocycles. The van der Waals surface area contributed by atoms with E-state index in [0.717, 1.165) is 30.0 Å². The zero-order chi connectivity index (χ0) is 28.0. The van der Waals surface area contributed by atoms with Gasteiger partial charge in [-0.05, 0) is 56.0 Å². The van der Waals surface area contributed by atoms with Gasteiger partial charge in [-0.25, -0.2) is 12.8 Å². The molecular formula is C28H36FN3O6S. The first-order chi connectivity index (χ1) is 18.7. The first kappa shape index (κ1) is 28.7. The number of fused-ring (bicyclic) bond motifs is 1. The minimum absolute atomic E-state index is 0.0247. The Hall–Kier alpha value is -3.34. The minimum atomic E-state index is -3.88. The van der Waals surface area contributed by atoms with Gasteiger partial charge in [0.05, 0.1) is 11.4 Å². The highest BCUT2D eigenvalue weighted by Gasteiger charge is 2.34. The van der Waals surface area contributed by atoms with Gasteiger partial charge in [-0.2, -0.15) is 0 Å². The number of nitrogens with zero attached hydrogens (tertiary/aromatic N) is 2. The zero-order valence-corrected chi connectivity index (χ0v) is 23.2. The number of hydrogen-bond acceptors (Lipinski definition) is 6. The van der Waals surface area contributed by atoms with E-state index in [1.165, 1.54) is 24.0 Å². The molecule has 0 bridgehead atoms. The van der Waals surface area contributed by atoms with Gasteiger partial charge in [-0.3, -0.25) is 13.9 Å². The van der Waals surface area contributed by atoms with Gasteiger partial charge < -0.3 is 19.7 Å². The fraction of sp³-hybridized carbons (Fsp3) is 0.500. The molecule has 1 heterocycles. The predicted octanol–water partition coefficient (Wildman–Crippen LogP) is 3.62. The van der Waals surface area contributed by atoms with Crippen LogP contribution >= 0.6 is 0 Å². The number of carbonyl (C=O) groups is 2. The van der Waals surface area contributed by atoms with Gasteiger partial charge in [0, 0.05) is 18.7 Å². The summed E-state index contributed by atoms with van der Waals surface area (Å²) in [4.78, 5) is 28.7. The van der Waals surface area contributed by atoms with Gasteiger partial charge in [0.1, 0.15) is 31.6 Å². The van der Waals surface area contributed by atoms with Crippen molar-refractivity contribution in [2.24, 2.45) is 0 Å². The third-order valence-corrected chi connectivity index (χ3v) is 8.89. The molecule has 9 nitrogen and oxygen atoms in total. The van der Waals surface area contributed by atoms with Gasteiger partial charge in [0.25, 0.3) is 0 Å². The molecule has 0 aromatic heterocycles. The smallest absolute Gasteiger partial charge is 0.244 e. The number of nitrogens with one attached hydrogen (secondary N) is 1. The summed E-state index contributed by atoms with van der Waals surface area (Å²) < 4.78 is 52.2. The summed E-state index contributed by atoms with van der Waals surface area (Å²) >= 11 is 0. The van der Waals surface area contributed by atoms with Crippen molar-refractivity contribution in [1.82, 2.24) is 10.2 Å². The molecule has 2 aliphatic rings. The maximum atomic E-state index is 13.9. The second-order valence-corrected chi connectivity index (χ2v) is 12.0. The fourth-order valence-corrected chi connectivity index (χ4v) is 6.03. The summed E-state index contributed by atoms with van der Waals surface area (Å²) in [5.41, 5.74) is 0.890. The predicted molar refractivity (Wildman–Crippen MR) is 146 cm³/mol. The quantitative estimate of drug-likeness (QED) is 0.449. The molecule has 2 aromatic rings. The number of sulfonamides is 1. The Labute approximate surface area is 229 Å². The molecule has 1 unspecified atom stereocenters. The van der Waals surface area contributed by atoms with E-state index < -0.39 is 34.3 Å². The Bertz CT molecular complexity index is 1260. The first-order valence-corrected chi connectivity index (χ1v) is 15.1. The molecule has 0 radical (unpaired) electrons. The highest BCUT2D eigenvalue weighted by molar-refractivity contribution is 7.92. The Morgan fingerprint density at radius 1 is 1.03 bits per heavy atom. The van der Waals surface area contributed by atoms with E-state index >= 15 is 0 Å². The van der Waals surface area contributed by atoms with E-state index in [0.29, 0.717) is 36.7 Å².